The molecule has 0 bridgehead atoms. The van der Waals surface area contributed by atoms with Crippen molar-refractivity contribution in [2.24, 2.45) is 0 Å². The van der Waals surface area contributed by atoms with Crippen LogP contribution in [0, 0.1) is 6.92 Å². The average molecular weight is 375 g/mol. The highest BCUT2D eigenvalue weighted by Gasteiger charge is 2.15. The van der Waals surface area contributed by atoms with Gasteiger partial charge in [0.05, 0.1) is 24.5 Å². The molecule has 0 fully saturated rings. The van der Waals surface area contributed by atoms with E-state index in [0.29, 0.717) is 6.61 Å². The van der Waals surface area contributed by atoms with E-state index in [-0.39, 0.29) is 11.9 Å². The van der Waals surface area contributed by atoms with Crippen LogP contribution in [0.4, 0.5) is 0 Å². The van der Waals surface area contributed by atoms with Crippen LogP contribution in [0.1, 0.15) is 36.7 Å². The standard InChI is InChI=1S/C23H25N3O2/c1-4-28-21-13-10-19(11-14-21)12-15-23(27)25-17(2)22-16-24-26(18(22)3)20-8-6-5-7-9-20/h5-17H,4H2,1-3H3,(H,25,27)/b15-12-/t17-/m0/s1. The van der Waals surface area contributed by atoms with Crippen LogP contribution in [-0.2, 0) is 4.79 Å². The maximum Gasteiger partial charge on any atom is 0.244 e. The van der Waals surface area contributed by atoms with E-state index in [1.807, 2.05) is 86.2 Å². The van der Waals surface area contributed by atoms with E-state index in [0.717, 1.165) is 28.3 Å². The van der Waals surface area contributed by atoms with Crippen LogP contribution in [0.3, 0.4) is 0 Å². The number of nitrogens with zero attached hydrogens (tertiary/aromatic N) is 2. The van der Waals surface area contributed by atoms with Gasteiger partial charge in [-0.05, 0) is 56.7 Å². The lowest BCUT2D eigenvalue weighted by Crippen LogP contribution is -2.25. The topological polar surface area (TPSA) is 56.1 Å². The summed E-state index contributed by atoms with van der Waals surface area (Å²) in [5.41, 5.74) is 3.95. The third kappa shape index (κ3) is 4.68. The number of carbonyl (C=O) groups is 1. The fourth-order valence-corrected chi connectivity index (χ4v) is 3.03. The van der Waals surface area contributed by atoms with Crippen LogP contribution in [-0.4, -0.2) is 22.3 Å². The van der Waals surface area contributed by atoms with Crippen molar-refractivity contribution in [2.75, 3.05) is 6.61 Å². The van der Waals surface area contributed by atoms with Gasteiger partial charge in [0.1, 0.15) is 5.75 Å². The summed E-state index contributed by atoms with van der Waals surface area (Å²) < 4.78 is 7.30. The van der Waals surface area contributed by atoms with Gasteiger partial charge < -0.3 is 10.1 Å². The summed E-state index contributed by atoms with van der Waals surface area (Å²) in [6, 6.07) is 17.4. The van der Waals surface area contributed by atoms with Crippen molar-refractivity contribution in [3.8, 4) is 11.4 Å². The largest absolute Gasteiger partial charge is 0.494 e. The van der Waals surface area contributed by atoms with Crippen LogP contribution in [0.2, 0.25) is 0 Å². The van der Waals surface area contributed by atoms with E-state index in [1.54, 1.807) is 12.2 Å². The van der Waals surface area contributed by atoms with Gasteiger partial charge >= 0.3 is 0 Å². The maximum absolute atomic E-state index is 12.3. The van der Waals surface area contributed by atoms with Gasteiger partial charge in [0.15, 0.2) is 0 Å². The van der Waals surface area contributed by atoms with Gasteiger partial charge in [-0.15, -0.1) is 0 Å². The van der Waals surface area contributed by atoms with E-state index in [9.17, 15) is 4.79 Å². The Morgan fingerprint density at radius 1 is 1.18 bits per heavy atom. The Hall–Kier alpha value is -3.34. The second-order valence-electron chi connectivity index (χ2n) is 6.50. The second kappa shape index (κ2) is 9.04. The fourth-order valence-electron chi connectivity index (χ4n) is 3.03. The Kier molecular flexibility index (Phi) is 6.27. The minimum absolute atomic E-state index is 0.144. The molecule has 1 atom stereocenters. The van der Waals surface area contributed by atoms with E-state index in [1.165, 1.54) is 0 Å². The summed E-state index contributed by atoms with van der Waals surface area (Å²) >= 11 is 0. The molecule has 0 aliphatic rings. The van der Waals surface area contributed by atoms with Crippen LogP contribution in [0.15, 0.2) is 66.9 Å². The van der Waals surface area contributed by atoms with Crippen molar-refractivity contribution in [3.05, 3.63) is 83.7 Å². The summed E-state index contributed by atoms with van der Waals surface area (Å²) in [5, 5.41) is 7.47. The minimum atomic E-state index is -0.145. The summed E-state index contributed by atoms with van der Waals surface area (Å²) in [6.07, 6.45) is 5.14. The zero-order chi connectivity index (χ0) is 19.9. The Bertz CT molecular complexity index is 944. The third-order valence-corrected chi connectivity index (χ3v) is 4.49. The third-order valence-electron chi connectivity index (χ3n) is 4.49. The first-order valence-corrected chi connectivity index (χ1v) is 9.40. The first kappa shape index (κ1) is 19.4. The number of ether oxygens (including phenoxy) is 1. The number of benzene rings is 2. The van der Waals surface area contributed by atoms with Crippen LogP contribution < -0.4 is 10.1 Å². The van der Waals surface area contributed by atoms with E-state index < -0.39 is 0 Å². The highest BCUT2D eigenvalue weighted by molar-refractivity contribution is 5.92. The molecule has 3 rings (SSSR count). The Balaban J connectivity index is 1.63. The molecule has 0 saturated carbocycles. The predicted molar refractivity (Wildman–Crippen MR) is 112 cm³/mol. The molecule has 3 aromatic rings. The normalized spacial score (nSPS) is 12.1. The van der Waals surface area contributed by atoms with E-state index in [2.05, 4.69) is 10.4 Å². The number of para-hydroxylation sites is 1. The number of hydrogen-bond donors (Lipinski definition) is 1. The zero-order valence-corrected chi connectivity index (χ0v) is 16.4. The summed E-state index contributed by atoms with van der Waals surface area (Å²) in [7, 11) is 0. The molecule has 1 aromatic heterocycles. The van der Waals surface area contributed by atoms with Gasteiger partial charge in [0.25, 0.3) is 0 Å². The Labute approximate surface area is 165 Å². The first-order valence-electron chi connectivity index (χ1n) is 9.40. The van der Waals surface area contributed by atoms with Crippen molar-refractivity contribution in [1.29, 1.82) is 0 Å². The minimum Gasteiger partial charge on any atom is -0.494 e. The quantitative estimate of drug-likeness (QED) is 0.620. The van der Waals surface area contributed by atoms with Gasteiger partial charge in [-0.1, -0.05) is 30.3 Å². The SMILES string of the molecule is CCOc1ccc(/C=C\C(=O)N[C@@H](C)c2cnn(-c3ccccc3)c2C)cc1. The van der Waals surface area contributed by atoms with Crippen molar-refractivity contribution < 1.29 is 9.53 Å². The highest BCUT2D eigenvalue weighted by Crippen LogP contribution is 2.20. The number of nitrogens with one attached hydrogen (secondary N) is 1. The van der Waals surface area contributed by atoms with Crippen molar-refractivity contribution in [1.82, 2.24) is 15.1 Å². The molecule has 28 heavy (non-hydrogen) atoms. The number of hydrogen-bond acceptors (Lipinski definition) is 3. The molecule has 2 aromatic carbocycles. The Morgan fingerprint density at radius 3 is 2.57 bits per heavy atom. The molecule has 0 saturated heterocycles. The Morgan fingerprint density at radius 2 is 1.89 bits per heavy atom. The smallest absolute Gasteiger partial charge is 0.244 e. The van der Waals surface area contributed by atoms with Gasteiger partial charge in [0, 0.05) is 17.3 Å². The molecular formula is C23H25N3O2. The lowest BCUT2D eigenvalue weighted by Gasteiger charge is -2.13. The lowest BCUT2D eigenvalue weighted by molar-refractivity contribution is -0.117. The summed E-state index contributed by atoms with van der Waals surface area (Å²) in [5.74, 6) is 0.678. The van der Waals surface area contributed by atoms with E-state index >= 15 is 0 Å². The van der Waals surface area contributed by atoms with Gasteiger partial charge in [-0.3, -0.25) is 4.79 Å². The molecule has 0 unspecified atom stereocenters. The molecule has 0 aliphatic carbocycles. The molecule has 1 heterocycles. The molecule has 144 valence electrons. The first-order chi connectivity index (χ1) is 13.6. The van der Waals surface area contributed by atoms with Crippen molar-refractivity contribution in [3.63, 3.8) is 0 Å². The highest BCUT2D eigenvalue weighted by atomic mass is 16.5. The zero-order valence-electron chi connectivity index (χ0n) is 16.4. The summed E-state index contributed by atoms with van der Waals surface area (Å²) in [6.45, 7) is 6.55. The monoisotopic (exact) mass is 375 g/mol. The fraction of sp³-hybridized carbons (Fsp3) is 0.217. The molecule has 0 aliphatic heterocycles. The van der Waals surface area contributed by atoms with Crippen LogP contribution in [0.5, 0.6) is 5.75 Å². The van der Waals surface area contributed by atoms with E-state index in [4.69, 9.17) is 4.74 Å². The molecule has 1 amide bonds. The number of amides is 1. The molecule has 1 N–H and O–H groups in total. The van der Waals surface area contributed by atoms with Gasteiger partial charge in [-0.25, -0.2) is 4.68 Å². The van der Waals surface area contributed by atoms with Crippen LogP contribution >= 0.6 is 0 Å². The number of rotatable bonds is 7. The van der Waals surface area contributed by atoms with Crippen molar-refractivity contribution in [2.45, 2.75) is 26.8 Å². The predicted octanol–water partition coefficient (Wildman–Crippen LogP) is 4.47. The molecule has 5 heteroatoms. The maximum atomic E-state index is 12.3. The summed E-state index contributed by atoms with van der Waals surface area (Å²) in [4.78, 5) is 12.3. The molecule has 5 nitrogen and oxygen atoms in total. The van der Waals surface area contributed by atoms with Gasteiger partial charge in [-0.2, -0.15) is 5.10 Å². The van der Waals surface area contributed by atoms with Crippen molar-refractivity contribution >= 4 is 12.0 Å². The average Bonchev–Trinajstić information content (AvgIpc) is 3.10. The number of carbonyl (C=O) groups excluding carboxylic acids is 1. The molecule has 0 spiro atoms. The van der Waals surface area contributed by atoms with Crippen LogP contribution in [0.25, 0.3) is 11.8 Å². The lowest BCUT2D eigenvalue weighted by atomic mass is 10.1. The molecule has 0 radical (unpaired) electrons. The molecular weight excluding hydrogens is 350 g/mol. The van der Waals surface area contributed by atoms with Gasteiger partial charge in [0.2, 0.25) is 5.91 Å². The second-order valence-corrected chi connectivity index (χ2v) is 6.50. The number of aromatic nitrogens is 2.